The zero-order valence-corrected chi connectivity index (χ0v) is 17.2. The predicted octanol–water partition coefficient (Wildman–Crippen LogP) is 4.89. The zero-order chi connectivity index (χ0) is 20.2. The molecule has 0 saturated carbocycles. The molecule has 0 atom stereocenters. The molecule has 2 N–H and O–H groups in total. The molecule has 0 aliphatic heterocycles. The summed E-state index contributed by atoms with van der Waals surface area (Å²) in [6, 6.07) is 11.5. The number of aromatic hydroxyl groups is 2. The molecule has 0 amide bonds. The number of ketones is 2. The van der Waals surface area contributed by atoms with Gasteiger partial charge in [-0.15, -0.1) is 0 Å². The second-order valence-corrected chi connectivity index (χ2v) is 7.72. The van der Waals surface area contributed by atoms with E-state index in [2.05, 4.69) is 0 Å². The molecule has 0 saturated heterocycles. The molecule has 0 fully saturated rings. The van der Waals surface area contributed by atoms with E-state index in [0.717, 1.165) is 11.1 Å². The van der Waals surface area contributed by atoms with Crippen molar-refractivity contribution in [1.29, 1.82) is 0 Å². The third-order valence-electron chi connectivity index (χ3n) is 4.81. The van der Waals surface area contributed by atoms with E-state index in [-0.39, 0.29) is 33.8 Å². The van der Waals surface area contributed by atoms with Gasteiger partial charge in [0.15, 0.2) is 5.78 Å². The summed E-state index contributed by atoms with van der Waals surface area (Å²) >= 11 is 1.89. The monoisotopic (exact) mass is 486 g/mol. The first-order valence-corrected chi connectivity index (χ1v) is 9.60. The van der Waals surface area contributed by atoms with Gasteiger partial charge in [0.2, 0.25) is 5.78 Å². The Balaban J connectivity index is 1.91. The van der Waals surface area contributed by atoms with Crippen LogP contribution in [0, 0.1) is 17.4 Å². The maximum atomic E-state index is 13.0. The van der Waals surface area contributed by atoms with Crippen molar-refractivity contribution in [3.05, 3.63) is 79.4 Å². The number of carbonyl (C=O) groups is 2. The molecule has 0 bridgehead atoms. The Kier molecular flexibility index (Phi) is 4.38. The van der Waals surface area contributed by atoms with Crippen LogP contribution in [0.3, 0.4) is 0 Å². The highest BCUT2D eigenvalue weighted by Crippen LogP contribution is 2.43. The van der Waals surface area contributed by atoms with Gasteiger partial charge in [-0.25, -0.2) is 0 Å². The summed E-state index contributed by atoms with van der Waals surface area (Å²) in [6.45, 7) is 3.81. The molecule has 28 heavy (non-hydrogen) atoms. The average molecular weight is 486 g/mol. The van der Waals surface area contributed by atoms with Gasteiger partial charge < -0.3 is 14.9 Å². The lowest BCUT2D eigenvalue weighted by molar-refractivity contribution is 0.0974. The van der Waals surface area contributed by atoms with Crippen molar-refractivity contribution in [2.24, 2.45) is 0 Å². The molecule has 1 aliphatic rings. The van der Waals surface area contributed by atoms with Gasteiger partial charge in [-0.2, -0.15) is 0 Å². The molecule has 0 spiro atoms. The molecule has 0 radical (unpaired) electrons. The molecule has 3 aromatic rings. The Labute approximate surface area is 174 Å². The maximum absolute atomic E-state index is 13.0. The summed E-state index contributed by atoms with van der Waals surface area (Å²) < 4.78 is 6.35. The van der Waals surface area contributed by atoms with E-state index >= 15 is 0 Å². The van der Waals surface area contributed by atoms with E-state index in [1.807, 2.05) is 54.6 Å². The lowest BCUT2D eigenvalue weighted by Gasteiger charge is -2.22. The van der Waals surface area contributed by atoms with Crippen LogP contribution in [0.25, 0.3) is 0 Å². The Morgan fingerprint density at radius 2 is 1.50 bits per heavy atom. The van der Waals surface area contributed by atoms with Gasteiger partial charge in [0.1, 0.15) is 23.0 Å². The summed E-state index contributed by atoms with van der Waals surface area (Å²) in [4.78, 5) is 25.9. The fourth-order valence-corrected chi connectivity index (χ4v) is 3.95. The summed E-state index contributed by atoms with van der Waals surface area (Å²) in [7, 11) is 0. The second kappa shape index (κ2) is 6.63. The normalized spacial score (nSPS) is 12.5. The summed E-state index contributed by atoms with van der Waals surface area (Å²) in [5, 5.41) is 20.8. The van der Waals surface area contributed by atoms with E-state index in [4.69, 9.17) is 4.74 Å². The summed E-state index contributed by atoms with van der Waals surface area (Å²) in [6.07, 6.45) is 0. The largest absolute Gasteiger partial charge is 0.507 e. The lowest BCUT2D eigenvalue weighted by Crippen LogP contribution is -2.21. The smallest absolute Gasteiger partial charge is 0.202 e. The quantitative estimate of drug-likeness (QED) is 0.395. The SMILES string of the molecule is Cc1cccc(C)c1Oc1cc2c(c(O)c1I)C(=O)c1c(O)cccc1C2=O. The van der Waals surface area contributed by atoms with Gasteiger partial charge in [0, 0.05) is 11.1 Å². The lowest BCUT2D eigenvalue weighted by atomic mass is 9.83. The van der Waals surface area contributed by atoms with Gasteiger partial charge in [0.05, 0.1) is 14.7 Å². The van der Waals surface area contributed by atoms with Crippen molar-refractivity contribution >= 4 is 34.2 Å². The average Bonchev–Trinajstić information content (AvgIpc) is 2.66. The minimum Gasteiger partial charge on any atom is -0.507 e. The van der Waals surface area contributed by atoms with E-state index in [0.29, 0.717) is 15.1 Å². The topological polar surface area (TPSA) is 83.8 Å². The van der Waals surface area contributed by atoms with Gasteiger partial charge in [-0.1, -0.05) is 30.3 Å². The highest BCUT2D eigenvalue weighted by atomic mass is 127. The molecule has 4 rings (SSSR count). The van der Waals surface area contributed by atoms with Gasteiger partial charge in [0.25, 0.3) is 0 Å². The molecule has 3 aromatic carbocycles. The van der Waals surface area contributed by atoms with Gasteiger partial charge >= 0.3 is 0 Å². The van der Waals surface area contributed by atoms with Gasteiger partial charge in [-0.05, 0) is 59.7 Å². The fourth-order valence-electron chi connectivity index (χ4n) is 3.41. The van der Waals surface area contributed by atoms with E-state index in [1.165, 1.54) is 24.3 Å². The van der Waals surface area contributed by atoms with Crippen molar-refractivity contribution in [2.45, 2.75) is 13.8 Å². The van der Waals surface area contributed by atoms with Crippen LogP contribution in [0.4, 0.5) is 0 Å². The van der Waals surface area contributed by atoms with Crippen LogP contribution < -0.4 is 4.74 Å². The van der Waals surface area contributed by atoms with Crippen molar-refractivity contribution in [3.8, 4) is 23.0 Å². The summed E-state index contributed by atoms with van der Waals surface area (Å²) in [5.74, 6) is -0.722. The maximum Gasteiger partial charge on any atom is 0.202 e. The minimum absolute atomic E-state index is 0.0576. The highest BCUT2D eigenvalue weighted by molar-refractivity contribution is 14.1. The van der Waals surface area contributed by atoms with Crippen molar-refractivity contribution in [3.63, 3.8) is 0 Å². The van der Waals surface area contributed by atoms with Crippen LogP contribution in [0.15, 0.2) is 42.5 Å². The number of ether oxygens (including phenoxy) is 1. The van der Waals surface area contributed by atoms with Crippen LogP contribution in [0.5, 0.6) is 23.0 Å². The third kappa shape index (κ3) is 2.67. The van der Waals surface area contributed by atoms with E-state index < -0.39 is 11.6 Å². The van der Waals surface area contributed by atoms with E-state index in [1.54, 1.807) is 0 Å². The molecule has 0 unspecified atom stereocenters. The number of hydrogen-bond acceptors (Lipinski definition) is 5. The molecule has 5 nitrogen and oxygen atoms in total. The van der Waals surface area contributed by atoms with Crippen molar-refractivity contribution in [2.75, 3.05) is 0 Å². The fraction of sp³-hybridized carbons (Fsp3) is 0.0909. The Hall–Kier alpha value is -2.87. The Morgan fingerprint density at radius 1 is 0.857 bits per heavy atom. The summed E-state index contributed by atoms with van der Waals surface area (Å²) in [5.41, 5.74) is 1.78. The third-order valence-corrected chi connectivity index (χ3v) is 5.85. The highest BCUT2D eigenvalue weighted by Gasteiger charge is 2.36. The Morgan fingerprint density at radius 3 is 2.18 bits per heavy atom. The van der Waals surface area contributed by atoms with Crippen LogP contribution in [-0.2, 0) is 0 Å². The second-order valence-electron chi connectivity index (χ2n) is 6.64. The predicted molar refractivity (Wildman–Crippen MR) is 112 cm³/mol. The van der Waals surface area contributed by atoms with Crippen LogP contribution in [0.2, 0.25) is 0 Å². The Bertz CT molecular complexity index is 1160. The number of phenols is 2. The number of hydrogen-bond donors (Lipinski definition) is 2. The van der Waals surface area contributed by atoms with Crippen LogP contribution in [0.1, 0.15) is 43.0 Å². The van der Waals surface area contributed by atoms with E-state index in [9.17, 15) is 19.8 Å². The molecule has 0 heterocycles. The van der Waals surface area contributed by atoms with Gasteiger partial charge in [-0.3, -0.25) is 9.59 Å². The van der Waals surface area contributed by atoms with Crippen molar-refractivity contribution in [1.82, 2.24) is 0 Å². The number of halogens is 1. The number of carbonyl (C=O) groups excluding carboxylic acids is 2. The first-order chi connectivity index (χ1) is 13.3. The number of aryl methyl sites for hydroxylation is 2. The number of fused-ring (bicyclic) bond motifs is 2. The first-order valence-electron chi connectivity index (χ1n) is 8.52. The standard InChI is InChI=1S/C22H15IO5/c1-10-5-3-6-11(2)22(10)28-15-9-13-17(21(27)18(15)23)20(26)16-12(19(13)25)7-4-8-14(16)24/h3-9,24,27H,1-2H3. The van der Waals surface area contributed by atoms with Crippen LogP contribution >= 0.6 is 22.6 Å². The van der Waals surface area contributed by atoms with Crippen LogP contribution in [-0.4, -0.2) is 21.8 Å². The number of benzene rings is 3. The molecule has 6 heteroatoms. The molecule has 0 aromatic heterocycles. The number of para-hydroxylation sites is 1. The molecular formula is C22H15IO5. The van der Waals surface area contributed by atoms with Crippen molar-refractivity contribution < 1.29 is 24.5 Å². The molecular weight excluding hydrogens is 471 g/mol. The molecule has 140 valence electrons. The first kappa shape index (κ1) is 18.5. The zero-order valence-electron chi connectivity index (χ0n) is 15.0. The minimum atomic E-state index is -0.586. The number of phenolic OH excluding ortho intramolecular Hbond substituents is 2. The number of rotatable bonds is 2. The molecule has 1 aliphatic carbocycles.